The summed E-state index contributed by atoms with van der Waals surface area (Å²) in [5.41, 5.74) is 0. The van der Waals surface area contributed by atoms with Crippen LogP contribution in [0.4, 0.5) is 13.2 Å². The van der Waals surface area contributed by atoms with Gasteiger partial charge >= 0.3 is 12.1 Å². The first kappa shape index (κ1) is 16.2. The minimum Gasteiger partial charge on any atom is -0.469 e. The highest BCUT2D eigenvalue weighted by Crippen LogP contribution is 2.24. The monoisotopic (exact) mass is 303 g/mol. The molecule has 0 aliphatic carbocycles. The summed E-state index contributed by atoms with van der Waals surface area (Å²) in [7, 11) is -2.52. The Balaban J connectivity index is 2.49. The number of hydrogen-bond acceptors (Lipinski definition) is 4. The number of rotatable bonds is 5. The third kappa shape index (κ3) is 4.98. The molecule has 1 unspecified atom stereocenters. The van der Waals surface area contributed by atoms with E-state index in [4.69, 9.17) is 0 Å². The molecule has 1 aliphatic rings. The molecule has 0 amide bonds. The Morgan fingerprint density at radius 1 is 1.42 bits per heavy atom. The van der Waals surface area contributed by atoms with Crippen LogP contribution in [0.5, 0.6) is 0 Å². The molecule has 19 heavy (non-hydrogen) atoms. The number of sulfonamides is 1. The molecule has 1 heterocycles. The van der Waals surface area contributed by atoms with Crippen LogP contribution in [0.15, 0.2) is 0 Å². The predicted octanol–water partition coefficient (Wildman–Crippen LogP) is 1.15. The van der Waals surface area contributed by atoms with Crippen LogP contribution in [0.25, 0.3) is 0 Å². The van der Waals surface area contributed by atoms with Crippen LogP contribution >= 0.6 is 0 Å². The van der Waals surface area contributed by atoms with Gasteiger partial charge in [0.25, 0.3) is 0 Å². The second-order valence-electron chi connectivity index (χ2n) is 4.40. The lowest BCUT2D eigenvalue weighted by atomic mass is 10.1. The van der Waals surface area contributed by atoms with Crippen molar-refractivity contribution in [1.82, 2.24) is 4.31 Å². The summed E-state index contributed by atoms with van der Waals surface area (Å²) in [5.74, 6) is -1.57. The second-order valence-corrected chi connectivity index (χ2v) is 6.49. The molecule has 0 N–H and O–H groups in total. The van der Waals surface area contributed by atoms with Gasteiger partial charge in [-0.05, 0) is 12.8 Å². The highest BCUT2D eigenvalue weighted by Gasteiger charge is 2.36. The molecule has 0 saturated carbocycles. The number of hydrogen-bond donors (Lipinski definition) is 0. The average molecular weight is 303 g/mol. The molecule has 1 saturated heterocycles. The molecule has 0 aromatic rings. The maximum Gasteiger partial charge on any atom is 0.389 e. The Morgan fingerprint density at radius 2 is 2.05 bits per heavy atom. The molecule has 0 aromatic carbocycles. The molecule has 1 fully saturated rings. The van der Waals surface area contributed by atoms with Crippen LogP contribution in [0.1, 0.15) is 19.3 Å². The zero-order valence-electron chi connectivity index (χ0n) is 10.4. The van der Waals surface area contributed by atoms with E-state index in [0.29, 0.717) is 6.42 Å². The minimum absolute atomic E-state index is 0.0129. The second kappa shape index (κ2) is 6.08. The zero-order chi connectivity index (χ0) is 14.7. The van der Waals surface area contributed by atoms with Crippen LogP contribution in [-0.4, -0.2) is 50.8 Å². The van der Waals surface area contributed by atoms with Crippen molar-refractivity contribution in [3.8, 4) is 0 Å². The van der Waals surface area contributed by atoms with Gasteiger partial charge in [0, 0.05) is 19.5 Å². The van der Waals surface area contributed by atoms with Gasteiger partial charge in [0.2, 0.25) is 10.0 Å². The highest BCUT2D eigenvalue weighted by molar-refractivity contribution is 7.89. The lowest BCUT2D eigenvalue weighted by Gasteiger charge is -2.16. The van der Waals surface area contributed by atoms with Crippen molar-refractivity contribution in [2.45, 2.75) is 25.4 Å². The Bertz CT molecular complexity index is 421. The fourth-order valence-corrected chi connectivity index (χ4v) is 3.48. The molecular weight excluding hydrogens is 287 g/mol. The van der Waals surface area contributed by atoms with Gasteiger partial charge in [-0.25, -0.2) is 12.7 Å². The van der Waals surface area contributed by atoms with E-state index >= 15 is 0 Å². The smallest absolute Gasteiger partial charge is 0.389 e. The summed E-state index contributed by atoms with van der Waals surface area (Å²) >= 11 is 0. The van der Waals surface area contributed by atoms with Crippen molar-refractivity contribution in [1.29, 1.82) is 0 Å². The van der Waals surface area contributed by atoms with Crippen LogP contribution in [-0.2, 0) is 19.6 Å². The molecule has 112 valence electrons. The number of carbonyl (C=O) groups excluding carboxylic acids is 1. The largest absolute Gasteiger partial charge is 0.469 e. The third-order valence-electron chi connectivity index (χ3n) is 2.94. The molecular formula is C10H16F3NO4S. The third-order valence-corrected chi connectivity index (χ3v) is 4.86. The van der Waals surface area contributed by atoms with Crippen LogP contribution in [0, 0.1) is 5.92 Å². The highest BCUT2D eigenvalue weighted by atomic mass is 32.2. The van der Waals surface area contributed by atoms with Crippen LogP contribution < -0.4 is 0 Å². The van der Waals surface area contributed by atoms with Crippen LogP contribution in [0.3, 0.4) is 0 Å². The first-order valence-corrected chi connectivity index (χ1v) is 7.39. The van der Waals surface area contributed by atoms with E-state index in [-0.39, 0.29) is 13.1 Å². The number of alkyl halides is 3. The molecule has 1 atom stereocenters. The molecule has 0 spiro atoms. The van der Waals surface area contributed by atoms with E-state index in [0.717, 1.165) is 4.31 Å². The minimum atomic E-state index is -4.35. The van der Waals surface area contributed by atoms with Gasteiger partial charge in [-0.2, -0.15) is 13.2 Å². The lowest BCUT2D eigenvalue weighted by molar-refractivity contribution is -0.144. The first-order valence-electron chi connectivity index (χ1n) is 5.78. The summed E-state index contributed by atoms with van der Waals surface area (Å²) in [5, 5.41) is 0. The van der Waals surface area contributed by atoms with Gasteiger partial charge in [-0.15, -0.1) is 0 Å². The number of carbonyl (C=O) groups is 1. The van der Waals surface area contributed by atoms with Crippen molar-refractivity contribution in [3.63, 3.8) is 0 Å². The van der Waals surface area contributed by atoms with Crippen LogP contribution in [0.2, 0.25) is 0 Å². The number of nitrogens with zero attached hydrogens (tertiary/aromatic N) is 1. The fraction of sp³-hybridized carbons (Fsp3) is 0.900. The quantitative estimate of drug-likeness (QED) is 0.715. The van der Waals surface area contributed by atoms with E-state index in [1.807, 2.05) is 0 Å². The van der Waals surface area contributed by atoms with Gasteiger partial charge in [-0.3, -0.25) is 4.79 Å². The van der Waals surface area contributed by atoms with E-state index in [1.165, 1.54) is 7.11 Å². The van der Waals surface area contributed by atoms with Crippen molar-refractivity contribution < 1.29 is 31.1 Å². The predicted molar refractivity (Wildman–Crippen MR) is 60.8 cm³/mol. The standard InChI is InChI=1S/C10H16F3NO4S/c1-18-9(15)8-3-5-14(7-8)19(16,17)6-2-4-10(11,12)13/h8H,2-7H2,1H3. The molecule has 0 aromatic heterocycles. The topological polar surface area (TPSA) is 63.7 Å². The molecule has 5 nitrogen and oxygen atoms in total. The maximum atomic E-state index is 12.0. The Kier molecular flexibility index (Phi) is 5.19. The summed E-state index contributed by atoms with van der Waals surface area (Å²) in [4.78, 5) is 11.2. The molecule has 0 bridgehead atoms. The zero-order valence-corrected chi connectivity index (χ0v) is 11.3. The number of methoxy groups -OCH3 is 1. The van der Waals surface area contributed by atoms with Gasteiger partial charge in [0.1, 0.15) is 0 Å². The normalized spacial score (nSPS) is 21.6. The molecule has 9 heteroatoms. The van der Waals surface area contributed by atoms with E-state index in [2.05, 4.69) is 4.74 Å². The Labute approximate surface area is 109 Å². The summed E-state index contributed by atoms with van der Waals surface area (Å²) in [6, 6.07) is 0. The van der Waals surface area contributed by atoms with Gasteiger partial charge in [0.05, 0.1) is 18.8 Å². The van der Waals surface area contributed by atoms with Crippen molar-refractivity contribution in [2.75, 3.05) is 26.0 Å². The van der Waals surface area contributed by atoms with Crippen molar-refractivity contribution in [2.24, 2.45) is 5.92 Å². The Morgan fingerprint density at radius 3 is 2.58 bits per heavy atom. The van der Waals surface area contributed by atoms with Gasteiger partial charge < -0.3 is 4.74 Å². The van der Waals surface area contributed by atoms with Crippen molar-refractivity contribution >= 4 is 16.0 Å². The molecule has 1 aliphatic heterocycles. The van der Waals surface area contributed by atoms with Gasteiger partial charge in [0.15, 0.2) is 0 Å². The lowest BCUT2D eigenvalue weighted by Crippen LogP contribution is -2.32. The average Bonchev–Trinajstić information content (AvgIpc) is 2.75. The molecule has 1 rings (SSSR count). The summed E-state index contributed by atoms with van der Waals surface area (Å²) in [6.45, 7) is 0.134. The number of halogens is 3. The van der Waals surface area contributed by atoms with Gasteiger partial charge in [-0.1, -0.05) is 0 Å². The number of ether oxygens (including phenoxy) is 1. The summed E-state index contributed by atoms with van der Waals surface area (Å²) < 4.78 is 65.0. The van der Waals surface area contributed by atoms with Crippen molar-refractivity contribution in [3.05, 3.63) is 0 Å². The Hall–Kier alpha value is -0.830. The molecule has 0 radical (unpaired) electrons. The fourth-order valence-electron chi connectivity index (χ4n) is 1.92. The van der Waals surface area contributed by atoms with E-state index in [9.17, 15) is 26.4 Å². The number of esters is 1. The maximum absolute atomic E-state index is 12.0. The van der Waals surface area contributed by atoms with E-state index in [1.54, 1.807) is 0 Å². The first-order chi connectivity index (χ1) is 8.65. The SMILES string of the molecule is COC(=O)C1CCN(S(=O)(=O)CCCC(F)(F)F)C1. The van der Waals surface area contributed by atoms with E-state index < -0.39 is 46.7 Å². The summed E-state index contributed by atoms with van der Waals surface area (Å²) in [6.07, 6.45) is -5.61.